The van der Waals surface area contributed by atoms with E-state index in [0.29, 0.717) is 0 Å². The van der Waals surface area contributed by atoms with Crippen molar-refractivity contribution in [2.45, 2.75) is 13.0 Å². The zero-order valence-corrected chi connectivity index (χ0v) is 14.8. The number of thiophene rings is 1. The van der Waals surface area contributed by atoms with Crippen molar-refractivity contribution in [2.24, 2.45) is 0 Å². The molecule has 124 valence electrons. The SMILES string of the molecule is COc1cccc(OC)c1C(c1ccc(C)s1)N1CCNCC1. The zero-order chi connectivity index (χ0) is 16.2. The number of methoxy groups -OCH3 is 2. The fourth-order valence-electron chi connectivity index (χ4n) is 3.19. The molecule has 1 aromatic carbocycles. The number of ether oxygens (including phenoxy) is 2. The van der Waals surface area contributed by atoms with Gasteiger partial charge in [0, 0.05) is 35.9 Å². The largest absolute Gasteiger partial charge is 0.496 e. The summed E-state index contributed by atoms with van der Waals surface area (Å²) in [4.78, 5) is 5.18. The number of nitrogens with one attached hydrogen (secondary N) is 1. The maximum Gasteiger partial charge on any atom is 0.127 e. The minimum atomic E-state index is 0.168. The Morgan fingerprint density at radius 3 is 2.22 bits per heavy atom. The van der Waals surface area contributed by atoms with E-state index in [2.05, 4.69) is 29.3 Å². The Balaban J connectivity index is 2.11. The first-order valence-electron chi connectivity index (χ1n) is 7.96. The minimum absolute atomic E-state index is 0.168. The molecule has 1 aromatic heterocycles. The summed E-state index contributed by atoms with van der Waals surface area (Å²) in [7, 11) is 3.46. The lowest BCUT2D eigenvalue weighted by Crippen LogP contribution is -2.45. The molecule has 0 bridgehead atoms. The third kappa shape index (κ3) is 3.37. The molecule has 1 saturated heterocycles. The van der Waals surface area contributed by atoms with Gasteiger partial charge in [-0.3, -0.25) is 4.90 Å². The monoisotopic (exact) mass is 332 g/mol. The van der Waals surface area contributed by atoms with Gasteiger partial charge in [0.2, 0.25) is 0 Å². The highest BCUT2D eigenvalue weighted by Gasteiger charge is 2.30. The van der Waals surface area contributed by atoms with Gasteiger partial charge in [0.05, 0.1) is 25.8 Å². The van der Waals surface area contributed by atoms with Crippen LogP contribution in [-0.4, -0.2) is 45.3 Å². The van der Waals surface area contributed by atoms with E-state index in [1.807, 2.05) is 29.5 Å². The van der Waals surface area contributed by atoms with Crippen molar-refractivity contribution in [1.82, 2.24) is 10.2 Å². The lowest BCUT2D eigenvalue weighted by atomic mass is 10.00. The van der Waals surface area contributed by atoms with Crippen LogP contribution >= 0.6 is 11.3 Å². The molecule has 2 aromatic rings. The molecule has 3 rings (SSSR count). The van der Waals surface area contributed by atoms with E-state index in [-0.39, 0.29) is 6.04 Å². The Morgan fingerprint density at radius 2 is 1.70 bits per heavy atom. The van der Waals surface area contributed by atoms with Crippen LogP contribution in [0.15, 0.2) is 30.3 Å². The van der Waals surface area contributed by atoms with E-state index >= 15 is 0 Å². The first-order valence-corrected chi connectivity index (χ1v) is 8.78. The molecule has 0 spiro atoms. The molecule has 2 heterocycles. The standard InChI is InChI=1S/C18H24N2O2S/c1-13-7-8-16(23-13)18(20-11-9-19-10-12-20)17-14(21-2)5-4-6-15(17)22-3/h4-8,18-19H,9-12H2,1-3H3. The molecule has 1 N–H and O–H groups in total. The van der Waals surface area contributed by atoms with Gasteiger partial charge in [0.15, 0.2) is 0 Å². The van der Waals surface area contributed by atoms with E-state index in [9.17, 15) is 0 Å². The van der Waals surface area contributed by atoms with Crippen LogP contribution in [0, 0.1) is 6.92 Å². The van der Waals surface area contributed by atoms with Gasteiger partial charge in [0.25, 0.3) is 0 Å². The van der Waals surface area contributed by atoms with Gasteiger partial charge >= 0.3 is 0 Å². The summed E-state index contributed by atoms with van der Waals surface area (Å²) >= 11 is 1.85. The molecule has 0 saturated carbocycles. The predicted molar refractivity (Wildman–Crippen MR) is 94.9 cm³/mol. The lowest BCUT2D eigenvalue weighted by Gasteiger charge is -2.35. The van der Waals surface area contributed by atoms with Crippen molar-refractivity contribution in [1.29, 1.82) is 0 Å². The van der Waals surface area contributed by atoms with E-state index in [0.717, 1.165) is 43.2 Å². The van der Waals surface area contributed by atoms with E-state index < -0.39 is 0 Å². The number of benzene rings is 1. The van der Waals surface area contributed by atoms with Gasteiger partial charge in [-0.1, -0.05) is 6.07 Å². The van der Waals surface area contributed by atoms with E-state index in [1.54, 1.807) is 14.2 Å². The Morgan fingerprint density at radius 1 is 1.04 bits per heavy atom. The molecule has 4 nitrogen and oxygen atoms in total. The normalized spacial score (nSPS) is 17.0. The number of rotatable bonds is 5. The molecule has 1 aliphatic rings. The van der Waals surface area contributed by atoms with Crippen molar-refractivity contribution < 1.29 is 9.47 Å². The van der Waals surface area contributed by atoms with Gasteiger partial charge in [-0.25, -0.2) is 0 Å². The quantitative estimate of drug-likeness (QED) is 0.912. The van der Waals surface area contributed by atoms with E-state index in [4.69, 9.17) is 9.47 Å². The smallest absolute Gasteiger partial charge is 0.127 e. The summed E-state index contributed by atoms with van der Waals surface area (Å²) in [5.74, 6) is 1.78. The van der Waals surface area contributed by atoms with Gasteiger partial charge < -0.3 is 14.8 Å². The van der Waals surface area contributed by atoms with Gasteiger partial charge in [0.1, 0.15) is 11.5 Å². The van der Waals surface area contributed by atoms with Crippen LogP contribution in [0.3, 0.4) is 0 Å². The molecule has 0 radical (unpaired) electrons. The molecule has 0 amide bonds. The topological polar surface area (TPSA) is 33.7 Å². The van der Waals surface area contributed by atoms with Crippen LogP contribution in [0.5, 0.6) is 11.5 Å². The average molecular weight is 332 g/mol. The van der Waals surface area contributed by atoms with Crippen molar-refractivity contribution >= 4 is 11.3 Å². The maximum absolute atomic E-state index is 5.67. The van der Waals surface area contributed by atoms with Crippen molar-refractivity contribution in [3.05, 3.63) is 45.6 Å². The molecule has 1 fully saturated rings. The first kappa shape index (κ1) is 16.3. The summed E-state index contributed by atoms with van der Waals surface area (Å²) in [6, 6.07) is 10.6. The second-order valence-electron chi connectivity index (χ2n) is 5.71. The fourth-order valence-corrected chi connectivity index (χ4v) is 4.22. The fraction of sp³-hybridized carbons (Fsp3) is 0.444. The molecule has 1 unspecified atom stereocenters. The summed E-state index contributed by atoms with van der Waals surface area (Å²) in [5.41, 5.74) is 1.13. The van der Waals surface area contributed by atoms with Gasteiger partial charge in [-0.05, 0) is 31.2 Å². The summed E-state index contributed by atoms with van der Waals surface area (Å²) in [5, 5.41) is 3.43. The van der Waals surface area contributed by atoms with Crippen LogP contribution in [-0.2, 0) is 0 Å². The average Bonchev–Trinajstić information content (AvgIpc) is 3.02. The van der Waals surface area contributed by atoms with Crippen molar-refractivity contribution in [3.63, 3.8) is 0 Å². The number of nitrogens with zero attached hydrogens (tertiary/aromatic N) is 1. The van der Waals surface area contributed by atoms with Gasteiger partial charge in [-0.2, -0.15) is 0 Å². The molecular formula is C18H24N2O2S. The van der Waals surface area contributed by atoms with Crippen LogP contribution in [0.4, 0.5) is 0 Å². The predicted octanol–water partition coefficient (Wildman–Crippen LogP) is 3.07. The number of hydrogen-bond acceptors (Lipinski definition) is 5. The highest BCUT2D eigenvalue weighted by molar-refractivity contribution is 7.12. The first-order chi connectivity index (χ1) is 11.2. The highest BCUT2D eigenvalue weighted by Crippen LogP contribution is 2.42. The van der Waals surface area contributed by atoms with Crippen molar-refractivity contribution in [3.8, 4) is 11.5 Å². The molecule has 0 aliphatic carbocycles. The summed E-state index contributed by atoms with van der Waals surface area (Å²) < 4.78 is 11.3. The van der Waals surface area contributed by atoms with Crippen LogP contribution in [0.1, 0.15) is 21.4 Å². The second-order valence-corrected chi connectivity index (χ2v) is 7.03. The Kier molecular flexibility index (Phi) is 5.20. The number of hydrogen-bond donors (Lipinski definition) is 1. The summed E-state index contributed by atoms with van der Waals surface area (Å²) in [6.45, 7) is 6.21. The molecular weight excluding hydrogens is 308 g/mol. The second kappa shape index (κ2) is 7.34. The number of aryl methyl sites for hydroxylation is 1. The van der Waals surface area contributed by atoms with E-state index in [1.165, 1.54) is 9.75 Å². The maximum atomic E-state index is 5.67. The van der Waals surface area contributed by atoms with Crippen molar-refractivity contribution in [2.75, 3.05) is 40.4 Å². The summed E-state index contributed by atoms with van der Waals surface area (Å²) in [6.07, 6.45) is 0. The molecule has 1 atom stereocenters. The number of piperazine rings is 1. The van der Waals surface area contributed by atoms with Gasteiger partial charge in [-0.15, -0.1) is 11.3 Å². The third-order valence-electron chi connectivity index (χ3n) is 4.29. The Hall–Kier alpha value is -1.56. The minimum Gasteiger partial charge on any atom is -0.496 e. The molecule has 1 aliphatic heterocycles. The van der Waals surface area contributed by atoms with Crippen LogP contribution in [0.2, 0.25) is 0 Å². The third-order valence-corrected chi connectivity index (χ3v) is 5.34. The highest BCUT2D eigenvalue weighted by atomic mass is 32.1. The molecule has 5 heteroatoms. The molecule has 23 heavy (non-hydrogen) atoms. The van der Waals surface area contributed by atoms with Crippen LogP contribution < -0.4 is 14.8 Å². The Bertz CT molecular complexity index is 628. The lowest BCUT2D eigenvalue weighted by molar-refractivity contribution is 0.194. The zero-order valence-electron chi connectivity index (χ0n) is 14.0. The van der Waals surface area contributed by atoms with Crippen LogP contribution in [0.25, 0.3) is 0 Å². The Labute approximate surface area is 142 Å².